The number of nitro benzene ring substituents is 1. The SMILES string of the molecule is COc1cc(C)c([C@@H](C)NC(=O)CN(c2cc([N+](=O)[O-])ccc2C)S(C)(=O)=O)cc1C(C)C. The molecule has 10 heteroatoms. The molecule has 0 aliphatic carbocycles. The summed E-state index contributed by atoms with van der Waals surface area (Å²) in [6.07, 6.45) is 0.963. The van der Waals surface area contributed by atoms with Crippen molar-refractivity contribution < 1.29 is 22.9 Å². The third kappa shape index (κ3) is 6.22. The molecule has 2 aromatic rings. The number of nitrogens with one attached hydrogen (secondary N) is 1. The van der Waals surface area contributed by atoms with Crippen molar-refractivity contribution in [2.45, 2.75) is 46.6 Å². The van der Waals surface area contributed by atoms with Crippen LogP contribution in [0.15, 0.2) is 30.3 Å². The predicted octanol–water partition coefficient (Wildman–Crippen LogP) is 3.99. The van der Waals surface area contributed by atoms with Crippen LogP contribution in [-0.4, -0.2) is 39.2 Å². The van der Waals surface area contributed by atoms with Gasteiger partial charge in [0.05, 0.1) is 30.0 Å². The van der Waals surface area contributed by atoms with E-state index in [1.165, 1.54) is 12.1 Å². The Morgan fingerprint density at radius 2 is 1.76 bits per heavy atom. The van der Waals surface area contributed by atoms with Crippen LogP contribution >= 0.6 is 0 Å². The van der Waals surface area contributed by atoms with Crippen molar-refractivity contribution in [1.29, 1.82) is 0 Å². The van der Waals surface area contributed by atoms with E-state index in [9.17, 15) is 23.3 Å². The number of methoxy groups -OCH3 is 1. The second-order valence-electron chi connectivity index (χ2n) is 8.39. The van der Waals surface area contributed by atoms with Gasteiger partial charge in [-0.2, -0.15) is 0 Å². The van der Waals surface area contributed by atoms with E-state index in [-0.39, 0.29) is 17.3 Å². The molecule has 1 N–H and O–H groups in total. The van der Waals surface area contributed by atoms with Gasteiger partial charge in [0.15, 0.2) is 0 Å². The van der Waals surface area contributed by atoms with E-state index < -0.39 is 33.4 Å². The summed E-state index contributed by atoms with van der Waals surface area (Å²) in [5.41, 5.74) is 3.16. The van der Waals surface area contributed by atoms with Crippen LogP contribution in [0.2, 0.25) is 0 Å². The molecule has 0 saturated heterocycles. The Kier molecular flexibility index (Phi) is 8.07. The molecule has 0 aliphatic heterocycles. The Morgan fingerprint density at radius 1 is 1.12 bits per heavy atom. The Hall–Kier alpha value is -3.14. The van der Waals surface area contributed by atoms with Gasteiger partial charge in [-0.1, -0.05) is 19.9 Å². The van der Waals surface area contributed by atoms with Gasteiger partial charge in [0.2, 0.25) is 15.9 Å². The Labute approximate surface area is 195 Å². The minimum Gasteiger partial charge on any atom is -0.496 e. The summed E-state index contributed by atoms with van der Waals surface area (Å²) < 4.78 is 31.3. The number of nitrogens with zero attached hydrogens (tertiary/aromatic N) is 2. The van der Waals surface area contributed by atoms with Crippen molar-refractivity contribution in [3.63, 3.8) is 0 Å². The van der Waals surface area contributed by atoms with E-state index in [0.717, 1.165) is 39.1 Å². The van der Waals surface area contributed by atoms with Crippen LogP contribution in [0.4, 0.5) is 11.4 Å². The van der Waals surface area contributed by atoms with Gasteiger partial charge in [0.25, 0.3) is 5.69 Å². The van der Waals surface area contributed by atoms with E-state index >= 15 is 0 Å². The number of rotatable bonds is 9. The number of ether oxygens (including phenoxy) is 1. The molecule has 1 atom stereocenters. The van der Waals surface area contributed by atoms with E-state index in [1.54, 1.807) is 14.0 Å². The van der Waals surface area contributed by atoms with Gasteiger partial charge in [-0.05, 0) is 61.1 Å². The van der Waals surface area contributed by atoms with Crippen molar-refractivity contribution in [2.24, 2.45) is 0 Å². The normalized spacial score (nSPS) is 12.4. The molecule has 0 fully saturated rings. The molecule has 0 aliphatic rings. The number of non-ortho nitro benzene ring substituents is 1. The Bertz CT molecular complexity index is 1160. The van der Waals surface area contributed by atoms with Crippen LogP contribution in [-0.2, 0) is 14.8 Å². The number of carbonyl (C=O) groups excluding carboxylic acids is 1. The molecule has 2 aromatic carbocycles. The number of benzene rings is 2. The largest absolute Gasteiger partial charge is 0.496 e. The van der Waals surface area contributed by atoms with Crippen LogP contribution in [0.3, 0.4) is 0 Å². The lowest BCUT2D eigenvalue weighted by atomic mass is 9.93. The molecule has 0 saturated carbocycles. The number of hydrogen-bond acceptors (Lipinski definition) is 6. The standard InChI is InChI=1S/C23H31N3O6S/c1-14(2)19-12-20(16(4)10-22(19)32-6)17(5)24-23(27)13-25(33(7,30)31)21-11-18(26(28)29)9-8-15(21)3/h8-12,14,17H,13H2,1-7H3,(H,24,27)/t17-/m1/s1. The highest BCUT2D eigenvalue weighted by atomic mass is 32.2. The minimum absolute atomic E-state index is 0.0947. The first-order valence-corrected chi connectivity index (χ1v) is 12.3. The van der Waals surface area contributed by atoms with Gasteiger partial charge >= 0.3 is 0 Å². The highest BCUT2D eigenvalue weighted by Gasteiger charge is 2.25. The number of hydrogen-bond donors (Lipinski definition) is 1. The monoisotopic (exact) mass is 477 g/mol. The highest BCUT2D eigenvalue weighted by molar-refractivity contribution is 7.92. The molecule has 9 nitrogen and oxygen atoms in total. The first kappa shape index (κ1) is 26.1. The maximum absolute atomic E-state index is 12.9. The van der Waals surface area contributed by atoms with Crippen molar-refractivity contribution in [3.8, 4) is 5.75 Å². The maximum atomic E-state index is 12.9. The summed E-state index contributed by atoms with van der Waals surface area (Å²) in [5, 5.41) is 14.0. The van der Waals surface area contributed by atoms with E-state index in [4.69, 9.17) is 4.74 Å². The molecular weight excluding hydrogens is 446 g/mol. The fourth-order valence-corrected chi connectivity index (χ4v) is 4.57. The first-order valence-electron chi connectivity index (χ1n) is 10.5. The Morgan fingerprint density at radius 3 is 2.27 bits per heavy atom. The third-order valence-corrected chi connectivity index (χ3v) is 6.57. The number of sulfonamides is 1. The van der Waals surface area contributed by atoms with Crippen LogP contribution in [0, 0.1) is 24.0 Å². The van der Waals surface area contributed by atoms with Crippen LogP contribution in [0.25, 0.3) is 0 Å². The number of amides is 1. The quantitative estimate of drug-likeness (QED) is 0.431. The second-order valence-corrected chi connectivity index (χ2v) is 10.3. The topological polar surface area (TPSA) is 119 Å². The van der Waals surface area contributed by atoms with E-state index in [1.807, 2.05) is 39.8 Å². The maximum Gasteiger partial charge on any atom is 0.271 e. The molecule has 1 amide bonds. The summed E-state index contributed by atoms with van der Waals surface area (Å²) in [6, 6.07) is 7.43. The summed E-state index contributed by atoms with van der Waals surface area (Å²) in [4.78, 5) is 23.4. The zero-order valence-corrected chi connectivity index (χ0v) is 20.8. The number of nitro groups is 1. The summed E-state index contributed by atoms with van der Waals surface area (Å²) in [7, 11) is -2.27. The molecule has 33 heavy (non-hydrogen) atoms. The summed E-state index contributed by atoms with van der Waals surface area (Å²) >= 11 is 0. The first-order chi connectivity index (χ1) is 15.3. The van der Waals surface area contributed by atoms with Gasteiger partial charge in [-0.3, -0.25) is 19.2 Å². The molecule has 0 unspecified atom stereocenters. The van der Waals surface area contributed by atoms with Crippen LogP contribution in [0.1, 0.15) is 55.0 Å². The fraction of sp³-hybridized carbons (Fsp3) is 0.435. The lowest BCUT2D eigenvalue weighted by molar-refractivity contribution is -0.384. The molecule has 0 aromatic heterocycles. The minimum atomic E-state index is -3.88. The molecule has 0 heterocycles. The van der Waals surface area contributed by atoms with Gasteiger partial charge in [0.1, 0.15) is 12.3 Å². The second kappa shape index (κ2) is 10.2. The van der Waals surface area contributed by atoms with Gasteiger partial charge in [0, 0.05) is 12.1 Å². The molecule has 0 bridgehead atoms. The van der Waals surface area contributed by atoms with Crippen LogP contribution < -0.4 is 14.4 Å². The molecule has 0 spiro atoms. The lowest BCUT2D eigenvalue weighted by Gasteiger charge is -2.25. The van der Waals surface area contributed by atoms with E-state index in [2.05, 4.69) is 5.32 Å². The van der Waals surface area contributed by atoms with Crippen molar-refractivity contribution >= 4 is 27.3 Å². The third-order valence-electron chi connectivity index (χ3n) is 5.44. The summed E-state index contributed by atoms with van der Waals surface area (Å²) in [5.74, 6) is 0.453. The van der Waals surface area contributed by atoms with Gasteiger partial charge < -0.3 is 10.1 Å². The average Bonchev–Trinajstić information content (AvgIpc) is 2.70. The molecular formula is C23H31N3O6S. The molecule has 2 rings (SSSR count). The molecule has 0 radical (unpaired) electrons. The number of aryl methyl sites for hydroxylation is 2. The summed E-state index contributed by atoms with van der Waals surface area (Å²) in [6.45, 7) is 8.96. The van der Waals surface area contributed by atoms with Gasteiger partial charge in [-0.15, -0.1) is 0 Å². The van der Waals surface area contributed by atoms with Crippen molar-refractivity contribution in [3.05, 3.63) is 62.7 Å². The van der Waals surface area contributed by atoms with E-state index in [0.29, 0.717) is 5.56 Å². The molecule has 180 valence electrons. The predicted molar refractivity (Wildman–Crippen MR) is 128 cm³/mol. The zero-order valence-electron chi connectivity index (χ0n) is 20.0. The zero-order chi connectivity index (χ0) is 25.1. The van der Waals surface area contributed by atoms with Crippen molar-refractivity contribution in [2.75, 3.05) is 24.2 Å². The number of carbonyl (C=O) groups is 1. The number of anilines is 1. The van der Waals surface area contributed by atoms with Gasteiger partial charge in [-0.25, -0.2) is 8.42 Å². The lowest BCUT2D eigenvalue weighted by Crippen LogP contribution is -2.41. The average molecular weight is 478 g/mol. The van der Waals surface area contributed by atoms with Crippen LogP contribution in [0.5, 0.6) is 5.75 Å². The highest BCUT2D eigenvalue weighted by Crippen LogP contribution is 2.32. The van der Waals surface area contributed by atoms with Crippen molar-refractivity contribution in [1.82, 2.24) is 5.32 Å². The fourth-order valence-electron chi connectivity index (χ4n) is 3.67. The smallest absolute Gasteiger partial charge is 0.271 e. The Balaban J connectivity index is 2.34.